The minimum atomic E-state index is -1.47. The van der Waals surface area contributed by atoms with Crippen molar-refractivity contribution in [1.82, 2.24) is 30.9 Å². The van der Waals surface area contributed by atoms with Gasteiger partial charge in [-0.1, -0.05) is 62.4 Å². The van der Waals surface area contributed by atoms with E-state index in [1.165, 1.54) is 0 Å². The van der Waals surface area contributed by atoms with Crippen molar-refractivity contribution < 1.29 is 24.3 Å². The zero-order valence-electron chi connectivity index (χ0n) is 33.7. The standard InChI is InChI=1S/C45H53N9O5/c1-29(2)24-39(52-44(59)41(56)36(46)25-31-10-5-4-6-11-31)43(58)48-22-8-7-13-40(55)50-27-32-15-17-33(18-16-32)42(57)51-35-19-14-30(3)38(26-35)54-45-49-23-20-37(53-45)34-12-9-21-47-28-34/h4-6,9-12,14-21,23,26,28-29,36,39,41,56H,7-8,13,22,24-25,27,46H2,1-3H3,(H,48,58)(H,50,55)(H,51,57)(H,52,59)(H,49,53,54). The zero-order valence-corrected chi connectivity index (χ0v) is 33.7. The lowest BCUT2D eigenvalue weighted by atomic mass is 9.99. The van der Waals surface area contributed by atoms with Crippen molar-refractivity contribution >= 4 is 41.0 Å². The minimum absolute atomic E-state index is 0.110. The van der Waals surface area contributed by atoms with E-state index in [1.807, 2.05) is 87.5 Å². The number of anilines is 3. The number of pyridine rings is 1. The molecule has 0 fully saturated rings. The van der Waals surface area contributed by atoms with Crippen LogP contribution < -0.4 is 32.3 Å². The number of carbonyl (C=O) groups is 4. The van der Waals surface area contributed by atoms with Gasteiger partial charge < -0.3 is 37.4 Å². The number of aliphatic hydroxyl groups is 1. The molecule has 3 unspecified atom stereocenters. The quantitative estimate of drug-likeness (QED) is 0.0511. The van der Waals surface area contributed by atoms with Crippen LogP contribution in [0, 0.1) is 12.8 Å². The first-order valence-corrected chi connectivity index (χ1v) is 19.8. The maximum atomic E-state index is 13.1. The maximum Gasteiger partial charge on any atom is 0.255 e. The van der Waals surface area contributed by atoms with Crippen LogP contribution in [0.4, 0.5) is 17.3 Å². The van der Waals surface area contributed by atoms with E-state index in [1.54, 1.807) is 42.9 Å². The van der Waals surface area contributed by atoms with Gasteiger partial charge in [-0.3, -0.25) is 24.2 Å². The van der Waals surface area contributed by atoms with Gasteiger partial charge in [-0.25, -0.2) is 9.97 Å². The fraction of sp³-hybridized carbons (Fsp3) is 0.311. The molecule has 4 amide bonds. The van der Waals surface area contributed by atoms with Crippen LogP contribution in [0.25, 0.3) is 11.3 Å². The second kappa shape index (κ2) is 21.9. The Labute approximate surface area is 344 Å². The fourth-order valence-electron chi connectivity index (χ4n) is 6.21. The molecule has 59 heavy (non-hydrogen) atoms. The normalized spacial score (nSPS) is 12.5. The Hall–Kier alpha value is -6.51. The second-order valence-electron chi connectivity index (χ2n) is 14.8. The van der Waals surface area contributed by atoms with E-state index in [9.17, 15) is 24.3 Å². The summed E-state index contributed by atoms with van der Waals surface area (Å²) in [4.78, 5) is 64.6. The summed E-state index contributed by atoms with van der Waals surface area (Å²) in [6, 6.07) is 25.8. The first-order chi connectivity index (χ1) is 28.4. The topological polar surface area (TPSA) is 213 Å². The molecule has 3 aromatic carbocycles. The summed E-state index contributed by atoms with van der Waals surface area (Å²) in [5.41, 5.74) is 12.2. The summed E-state index contributed by atoms with van der Waals surface area (Å²) in [6.45, 7) is 6.46. The Kier molecular flexibility index (Phi) is 16.2. The maximum absolute atomic E-state index is 13.1. The Balaban J connectivity index is 1.01. The van der Waals surface area contributed by atoms with Crippen molar-refractivity contribution in [2.45, 2.75) is 77.6 Å². The van der Waals surface area contributed by atoms with Crippen molar-refractivity contribution in [3.8, 4) is 11.3 Å². The van der Waals surface area contributed by atoms with E-state index >= 15 is 0 Å². The number of amides is 4. The molecule has 0 aliphatic rings. The molecule has 5 aromatic rings. The number of aliphatic hydroxyl groups excluding tert-OH is 1. The number of carbonyl (C=O) groups excluding carboxylic acids is 4. The second-order valence-corrected chi connectivity index (χ2v) is 14.8. The number of nitrogens with two attached hydrogens (primary N) is 1. The third-order valence-electron chi connectivity index (χ3n) is 9.52. The molecular formula is C45H53N9O5. The SMILES string of the molecule is Cc1ccc(NC(=O)c2ccc(CNC(=O)CCCCNC(=O)C(CC(C)C)NC(=O)C(O)C(N)Cc3ccccc3)cc2)cc1Nc1nccc(-c2cccnc2)n1. The first kappa shape index (κ1) is 43.6. The first-order valence-electron chi connectivity index (χ1n) is 19.8. The van der Waals surface area contributed by atoms with Gasteiger partial charge >= 0.3 is 0 Å². The Morgan fingerprint density at radius 2 is 1.61 bits per heavy atom. The number of rotatable bonds is 20. The predicted octanol–water partition coefficient (Wildman–Crippen LogP) is 5.21. The zero-order chi connectivity index (χ0) is 42.1. The number of aromatic nitrogens is 3. The van der Waals surface area contributed by atoms with E-state index < -0.39 is 24.1 Å². The molecule has 14 nitrogen and oxygen atoms in total. The van der Waals surface area contributed by atoms with Crippen molar-refractivity contribution in [3.05, 3.63) is 132 Å². The van der Waals surface area contributed by atoms with E-state index in [-0.39, 0.29) is 30.1 Å². The molecule has 0 saturated heterocycles. The van der Waals surface area contributed by atoms with Gasteiger partial charge in [0.2, 0.25) is 17.8 Å². The number of unbranched alkanes of at least 4 members (excludes halogenated alkanes) is 1. The average Bonchev–Trinajstić information content (AvgIpc) is 3.24. The van der Waals surface area contributed by atoms with Crippen LogP contribution >= 0.6 is 0 Å². The summed E-state index contributed by atoms with van der Waals surface area (Å²) in [5, 5.41) is 25.2. The van der Waals surface area contributed by atoms with Gasteiger partial charge in [-0.15, -0.1) is 0 Å². The lowest BCUT2D eigenvalue weighted by molar-refractivity contribution is -0.135. The van der Waals surface area contributed by atoms with Crippen LogP contribution in [0.3, 0.4) is 0 Å². The van der Waals surface area contributed by atoms with Gasteiger partial charge in [0.05, 0.1) is 5.69 Å². The third-order valence-corrected chi connectivity index (χ3v) is 9.52. The van der Waals surface area contributed by atoms with Crippen molar-refractivity contribution in [2.75, 3.05) is 17.2 Å². The van der Waals surface area contributed by atoms with Gasteiger partial charge in [0, 0.05) is 66.6 Å². The molecule has 0 aliphatic heterocycles. The smallest absolute Gasteiger partial charge is 0.255 e. The molecular weight excluding hydrogens is 747 g/mol. The lowest BCUT2D eigenvalue weighted by Gasteiger charge is -2.24. The molecule has 0 aliphatic carbocycles. The highest BCUT2D eigenvalue weighted by Gasteiger charge is 2.28. The molecule has 8 N–H and O–H groups in total. The molecule has 0 bridgehead atoms. The number of hydrogen-bond acceptors (Lipinski definition) is 10. The van der Waals surface area contributed by atoms with Crippen molar-refractivity contribution in [1.29, 1.82) is 0 Å². The third kappa shape index (κ3) is 13.8. The lowest BCUT2D eigenvalue weighted by Crippen LogP contribution is -2.54. The van der Waals surface area contributed by atoms with Crippen LogP contribution in [0.5, 0.6) is 0 Å². The molecule has 3 atom stereocenters. The number of nitrogens with zero attached hydrogens (tertiary/aromatic N) is 3. The molecule has 2 aromatic heterocycles. The molecule has 14 heteroatoms. The van der Waals surface area contributed by atoms with E-state index in [2.05, 4.69) is 41.5 Å². The minimum Gasteiger partial charge on any atom is -0.382 e. The van der Waals surface area contributed by atoms with Crippen LogP contribution in [-0.4, -0.2) is 68.4 Å². The highest BCUT2D eigenvalue weighted by molar-refractivity contribution is 6.04. The summed E-state index contributed by atoms with van der Waals surface area (Å²) in [5.74, 6) is -0.938. The molecule has 308 valence electrons. The molecule has 0 saturated carbocycles. The summed E-state index contributed by atoms with van der Waals surface area (Å²) >= 11 is 0. The van der Waals surface area contributed by atoms with Crippen LogP contribution in [0.1, 0.15) is 66.6 Å². The summed E-state index contributed by atoms with van der Waals surface area (Å²) in [7, 11) is 0. The fourth-order valence-corrected chi connectivity index (χ4v) is 6.21. The average molecular weight is 800 g/mol. The predicted molar refractivity (Wildman–Crippen MR) is 228 cm³/mol. The largest absolute Gasteiger partial charge is 0.382 e. The molecule has 2 heterocycles. The molecule has 5 rings (SSSR count). The van der Waals surface area contributed by atoms with E-state index in [4.69, 9.17) is 5.73 Å². The Morgan fingerprint density at radius 1 is 0.831 bits per heavy atom. The van der Waals surface area contributed by atoms with E-state index in [0.717, 1.165) is 33.6 Å². The highest BCUT2D eigenvalue weighted by Crippen LogP contribution is 2.25. The number of benzene rings is 3. The van der Waals surface area contributed by atoms with Crippen LogP contribution in [0.15, 0.2) is 110 Å². The van der Waals surface area contributed by atoms with Crippen LogP contribution in [-0.2, 0) is 27.3 Å². The van der Waals surface area contributed by atoms with Gasteiger partial charge in [-0.2, -0.15) is 0 Å². The highest BCUT2D eigenvalue weighted by atomic mass is 16.3. The molecule has 0 spiro atoms. The molecule has 0 radical (unpaired) electrons. The monoisotopic (exact) mass is 799 g/mol. The number of aryl methyl sites for hydroxylation is 1. The number of nitrogens with one attached hydrogen (secondary N) is 5. The summed E-state index contributed by atoms with van der Waals surface area (Å²) in [6.07, 6.45) is 5.71. The Morgan fingerprint density at radius 3 is 2.34 bits per heavy atom. The van der Waals surface area contributed by atoms with Gasteiger partial charge in [0.15, 0.2) is 0 Å². The van der Waals surface area contributed by atoms with Gasteiger partial charge in [-0.05, 0) is 97.7 Å². The van der Waals surface area contributed by atoms with E-state index in [0.29, 0.717) is 56.0 Å². The number of hydrogen-bond donors (Lipinski definition) is 7. The Bertz CT molecular complexity index is 2150. The van der Waals surface area contributed by atoms with Crippen LogP contribution in [0.2, 0.25) is 0 Å². The summed E-state index contributed by atoms with van der Waals surface area (Å²) < 4.78 is 0. The van der Waals surface area contributed by atoms with Gasteiger partial charge in [0.25, 0.3) is 11.8 Å². The van der Waals surface area contributed by atoms with Gasteiger partial charge in [0.1, 0.15) is 12.1 Å². The van der Waals surface area contributed by atoms with Crippen molar-refractivity contribution in [3.63, 3.8) is 0 Å². The van der Waals surface area contributed by atoms with Crippen molar-refractivity contribution in [2.24, 2.45) is 11.7 Å².